The Hall–Kier alpha value is -1.25. The summed E-state index contributed by atoms with van der Waals surface area (Å²) < 4.78 is 0. The lowest BCUT2D eigenvalue weighted by Crippen LogP contribution is -2.26. The molecule has 1 saturated carbocycles. The molecule has 19 heavy (non-hydrogen) atoms. The third kappa shape index (κ3) is 4.41. The summed E-state index contributed by atoms with van der Waals surface area (Å²) in [5.74, 6) is 0.0221. The molecular weight excluding hydrogens is 238 g/mol. The lowest BCUT2D eigenvalue weighted by atomic mass is 9.96. The molecule has 0 amide bonds. The predicted molar refractivity (Wildman–Crippen MR) is 76.9 cm³/mol. The SMILES string of the molecule is CC1=CC(C(=O)O)=CN(CCC2CCCCCC2)C1. The van der Waals surface area contributed by atoms with Gasteiger partial charge in [0, 0.05) is 19.3 Å². The Balaban J connectivity index is 1.85. The van der Waals surface area contributed by atoms with Gasteiger partial charge >= 0.3 is 5.97 Å². The largest absolute Gasteiger partial charge is 0.478 e. The van der Waals surface area contributed by atoms with Gasteiger partial charge in [-0.1, -0.05) is 44.1 Å². The Morgan fingerprint density at radius 3 is 2.63 bits per heavy atom. The molecule has 2 rings (SSSR count). The molecule has 3 heteroatoms. The molecule has 0 saturated heterocycles. The third-order valence-corrected chi connectivity index (χ3v) is 4.22. The van der Waals surface area contributed by atoms with Gasteiger partial charge in [-0.3, -0.25) is 0 Å². The summed E-state index contributed by atoms with van der Waals surface area (Å²) in [5, 5.41) is 9.09. The van der Waals surface area contributed by atoms with Crippen molar-refractivity contribution in [2.24, 2.45) is 5.92 Å². The first kappa shape index (κ1) is 14.2. The molecule has 3 nitrogen and oxygen atoms in total. The molecule has 0 unspecified atom stereocenters. The zero-order chi connectivity index (χ0) is 13.7. The van der Waals surface area contributed by atoms with Crippen LogP contribution >= 0.6 is 0 Å². The highest BCUT2D eigenvalue weighted by molar-refractivity contribution is 5.90. The van der Waals surface area contributed by atoms with Gasteiger partial charge in [0.05, 0.1) is 5.57 Å². The van der Waals surface area contributed by atoms with E-state index in [4.69, 9.17) is 5.11 Å². The second-order valence-corrected chi connectivity index (χ2v) is 6.00. The Bertz CT molecular complexity index is 376. The van der Waals surface area contributed by atoms with Crippen LogP contribution in [0.5, 0.6) is 0 Å². The van der Waals surface area contributed by atoms with Gasteiger partial charge < -0.3 is 10.0 Å². The average molecular weight is 263 g/mol. The van der Waals surface area contributed by atoms with Gasteiger partial charge in [-0.15, -0.1) is 0 Å². The van der Waals surface area contributed by atoms with Gasteiger partial charge in [-0.2, -0.15) is 0 Å². The van der Waals surface area contributed by atoms with E-state index < -0.39 is 5.97 Å². The van der Waals surface area contributed by atoms with Crippen molar-refractivity contribution in [2.45, 2.75) is 51.9 Å². The van der Waals surface area contributed by atoms with E-state index in [2.05, 4.69) is 4.90 Å². The summed E-state index contributed by atoms with van der Waals surface area (Å²) in [6, 6.07) is 0. The summed E-state index contributed by atoms with van der Waals surface area (Å²) in [5.41, 5.74) is 1.56. The first-order chi connectivity index (χ1) is 9.15. The number of nitrogens with zero attached hydrogens (tertiary/aromatic N) is 1. The van der Waals surface area contributed by atoms with E-state index in [-0.39, 0.29) is 0 Å². The highest BCUT2D eigenvalue weighted by atomic mass is 16.4. The molecule has 2 aliphatic rings. The van der Waals surface area contributed by atoms with Crippen LogP contribution < -0.4 is 0 Å². The molecule has 1 aliphatic heterocycles. The van der Waals surface area contributed by atoms with Crippen LogP contribution in [0.25, 0.3) is 0 Å². The molecule has 0 aromatic heterocycles. The van der Waals surface area contributed by atoms with Crippen LogP contribution in [0.3, 0.4) is 0 Å². The fraction of sp³-hybridized carbons (Fsp3) is 0.688. The molecule has 1 N–H and O–H groups in total. The van der Waals surface area contributed by atoms with E-state index in [9.17, 15) is 4.79 Å². The van der Waals surface area contributed by atoms with E-state index in [1.807, 2.05) is 13.1 Å². The maximum atomic E-state index is 11.1. The number of rotatable bonds is 4. The van der Waals surface area contributed by atoms with Gasteiger partial charge in [0.1, 0.15) is 0 Å². The molecule has 1 aliphatic carbocycles. The Morgan fingerprint density at radius 2 is 2.00 bits per heavy atom. The van der Waals surface area contributed by atoms with Gasteiger partial charge in [0.25, 0.3) is 0 Å². The van der Waals surface area contributed by atoms with Crippen LogP contribution in [0.1, 0.15) is 51.9 Å². The lowest BCUT2D eigenvalue weighted by Gasteiger charge is -2.27. The van der Waals surface area contributed by atoms with E-state index in [1.165, 1.54) is 44.9 Å². The van der Waals surface area contributed by atoms with Crippen LogP contribution in [-0.2, 0) is 4.79 Å². The second kappa shape index (κ2) is 6.78. The van der Waals surface area contributed by atoms with Crippen LogP contribution in [0.4, 0.5) is 0 Å². The van der Waals surface area contributed by atoms with Crippen LogP contribution in [0.2, 0.25) is 0 Å². The molecule has 0 aromatic carbocycles. The first-order valence-electron chi connectivity index (χ1n) is 7.51. The van der Waals surface area contributed by atoms with Gasteiger partial charge in [0.2, 0.25) is 0 Å². The molecule has 1 heterocycles. The fourth-order valence-electron chi connectivity index (χ4n) is 3.17. The molecule has 0 atom stereocenters. The van der Waals surface area contributed by atoms with Gasteiger partial charge in [-0.05, 0) is 25.3 Å². The van der Waals surface area contributed by atoms with Crippen molar-refractivity contribution in [1.29, 1.82) is 0 Å². The molecule has 0 aromatic rings. The lowest BCUT2D eigenvalue weighted by molar-refractivity contribution is -0.132. The number of aliphatic carboxylic acids is 1. The standard InChI is InChI=1S/C16H25NO2/c1-13-10-15(16(18)19)12-17(11-13)9-8-14-6-4-2-3-5-7-14/h10,12,14H,2-9,11H2,1H3,(H,18,19). The summed E-state index contributed by atoms with van der Waals surface area (Å²) in [6.45, 7) is 3.88. The van der Waals surface area contributed by atoms with E-state index in [0.717, 1.165) is 24.6 Å². The molecule has 0 bridgehead atoms. The zero-order valence-electron chi connectivity index (χ0n) is 11.9. The quantitative estimate of drug-likeness (QED) is 0.788. The van der Waals surface area contributed by atoms with E-state index in [1.54, 1.807) is 6.08 Å². The smallest absolute Gasteiger partial charge is 0.337 e. The minimum atomic E-state index is -0.821. The van der Waals surface area contributed by atoms with Crippen molar-refractivity contribution in [2.75, 3.05) is 13.1 Å². The minimum Gasteiger partial charge on any atom is -0.478 e. The molecule has 106 valence electrons. The van der Waals surface area contributed by atoms with Gasteiger partial charge in [0.15, 0.2) is 0 Å². The van der Waals surface area contributed by atoms with Gasteiger partial charge in [-0.25, -0.2) is 4.79 Å². The monoisotopic (exact) mass is 263 g/mol. The molecule has 0 spiro atoms. The average Bonchev–Trinajstić information content (AvgIpc) is 2.64. The Kier molecular flexibility index (Phi) is 5.06. The summed E-state index contributed by atoms with van der Waals surface area (Å²) in [6.07, 6.45) is 13.1. The number of hydrogen-bond donors (Lipinski definition) is 1. The molecule has 1 fully saturated rings. The van der Waals surface area contributed by atoms with Crippen LogP contribution in [-0.4, -0.2) is 29.1 Å². The molecule has 0 radical (unpaired) electrons. The minimum absolute atomic E-state index is 0.421. The predicted octanol–water partition coefficient (Wildman–Crippen LogP) is 3.58. The maximum Gasteiger partial charge on any atom is 0.337 e. The Labute approximate surface area is 116 Å². The summed E-state index contributed by atoms with van der Waals surface area (Å²) >= 11 is 0. The van der Waals surface area contributed by atoms with Crippen molar-refractivity contribution >= 4 is 5.97 Å². The zero-order valence-corrected chi connectivity index (χ0v) is 11.9. The van der Waals surface area contributed by atoms with Crippen LogP contribution in [0.15, 0.2) is 23.4 Å². The molecular formula is C16H25NO2. The van der Waals surface area contributed by atoms with Crippen LogP contribution in [0, 0.1) is 5.92 Å². The van der Waals surface area contributed by atoms with Crippen molar-refractivity contribution in [3.05, 3.63) is 23.4 Å². The van der Waals surface area contributed by atoms with E-state index >= 15 is 0 Å². The van der Waals surface area contributed by atoms with Crippen molar-refractivity contribution in [3.63, 3.8) is 0 Å². The highest BCUT2D eigenvalue weighted by Crippen LogP contribution is 2.26. The summed E-state index contributed by atoms with van der Waals surface area (Å²) in [7, 11) is 0. The van der Waals surface area contributed by atoms with Crippen molar-refractivity contribution in [3.8, 4) is 0 Å². The number of carbonyl (C=O) groups is 1. The number of carboxylic acids is 1. The topological polar surface area (TPSA) is 40.5 Å². The second-order valence-electron chi connectivity index (χ2n) is 6.00. The number of hydrogen-bond acceptors (Lipinski definition) is 2. The first-order valence-corrected chi connectivity index (χ1v) is 7.51. The van der Waals surface area contributed by atoms with Crippen molar-refractivity contribution in [1.82, 2.24) is 4.90 Å². The normalized spacial score (nSPS) is 21.6. The highest BCUT2D eigenvalue weighted by Gasteiger charge is 2.17. The number of carboxylic acid groups (broad SMARTS) is 1. The maximum absolute atomic E-state index is 11.1. The Morgan fingerprint density at radius 1 is 1.32 bits per heavy atom. The fourth-order valence-corrected chi connectivity index (χ4v) is 3.17. The van der Waals surface area contributed by atoms with E-state index in [0.29, 0.717) is 5.57 Å². The summed E-state index contributed by atoms with van der Waals surface area (Å²) in [4.78, 5) is 13.2. The third-order valence-electron chi connectivity index (χ3n) is 4.22. The van der Waals surface area contributed by atoms with Crippen molar-refractivity contribution < 1.29 is 9.90 Å².